The number of para-hydroxylation sites is 1. The van der Waals surface area contributed by atoms with E-state index in [2.05, 4.69) is 157 Å². The van der Waals surface area contributed by atoms with Crippen LogP contribution in [0.4, 0.5) is 11.4 Å². The first kappa shape index (κ1) is 24.7. The Hall–Kier alpha value is -5.86. The van der Waals surface area contributed by atoms with Crippen LogP contribution in [0.25, 0.3) is 76.5 Å². The van der Waals surface area contributed by atoms with E-state index in [1.807, 2.05) is 6.07 Å². The number of anilines is 2. The van der Waals surface area contributed by atoms with Gasteiger partial charge in [-0.3, -0.25) is 0 Å². The second-order valence-corrected chi connectivity index (χ2v) is 11.4. The molecule has 2 heteroatoms. The van der Waals surface area contributed by atoms with E-state index in [1.165, 1.54) is 43.4 Å². The van der Waals surface area contributed by atoms with Gasteiger partial charge in [0.2, 0.25) is 0 Å². The average Bonchev–Trinajstić information content (AvgIpc) is 3.49. The Kier molecular flexibility index (Phi) is 5.54. The SMILES string of the molecule is c1ccc(-c2cccc3c2oc2c(Nc4ccc5c(-c6ccc7ccccc7c6)cccc5c4)cc4ccccc4c23)cc1. The van der Waals surface area contributed by atoms with Gasteiger partial charge in [-0.1, -0.05) is 133 Å². The van der Waals surface area contributed by atoms with Gasteiger partial charge in [0, 0.05) is 22.0 Å². The van der Waals surface area contributed by atoms with Crippen molar-refractivity contribution >= 4 is 65.6 Å². The summed E-state index contributed by atoms with van der Waals surface area (Å²) in [5.74, 6) is 0. The highest BCUT2D eigenvalue weighted by atomic mass is 16.3. The van der Waals surface area contributed by atoms with Crippen LogP contribution in [0.15, 0.2) is 162 Å². The van der Waals surface area contributed by atoms with Crippen LogP contribution in [0.2, 0.25) is 0 Å². The van der Waals surface area contributed by atoms with Gasteiger partial charge in [-0.2, -0.15) is 0 Å². The van der Waals surface area contributed by atoms with E-state index in [0.29, 0.717) is 0 Å². The number of hydrogen-bond acceptors (Lipinski definition) is 2. The number of benzene rings is 8. The van der Waals surface area contributed by atoms with E-state index in [4.69, 9.17) is 4.42 Å². The summed E-state index contributed by atoms with van der Waals surface area (Å²) in [7, 11) is 0. The Balaban J connectivity index is 1.19. The summed E-state index contributed by atoms with van der Waals surface area (Å²) in [5.41, 5.74) is 8.46. The fraction of sp³-hybridized carbons (Fsp3) is 0. The number of fused-ring (bicyclic) bond motifs is 7. The fourth-order valence-electron chi connectivity index (χ4n) is 6.71. The van der Waals surface area contributed by atoms with Gasteiger partial charge >= 0.3 is 0 Å². The van der Waals surface area contributed by atoms with Crippen molar-refractivity contribution in [2.24, 2.45) is 0 Å². The number of hydrogen-bond donors (Lipinski definition) is 1. The number of nitrogens with one attached hydrogen (secondary N) is 1. The van der Waals surface area contributed by atoms with E-state index >= 15 is 0 Å². The van der Waals surface area contributed by atoms with Crippen LogP contribution in [0.3, 0.4) is 0 Å². The molecule has 0 amide bonds. The van der Waals surface area contributed by atoms with Crippen molar-refractivity contribution in [3.8, 4) is 22.3 Å². The summed E-state index contributed by atoms with van der Waals surface area (Å²) >= 11 is 0. The lowest BCUT2D eigenvalue weighted by molar-refractivity contribution is 0.671. The third-order valence-electron chi connectivity index (χ3n) is 8.79. The van der Waals surface area contributed by atoms with Crippen molar-refractivity contribution in [2.45, 2.75) is 0 Å². The summed E-state index contributed by atoms with van der Waals surface area (Å²) in [6.07, 6.45) is 0. The van der Waals surface area contributed by atoms with Crippen LogP contribution in [-0.2, 0) is 0 Å². The Morgan fingerprint density at radius 3 is 2.00 bits per heavy atom. The Morgan fingerprint density at radius 1 is 0.386 bits per heavy atom. The lowest BCUT2D eigenvalue weighted by Crippen LogP contribution is -1.92. The molecule has 0 saturated carbocycles. The largest absolute Gasteiger partial charge is 0.453 e. The van der Waals surface area contributed by atoms with Gasteiger partial charge in [0.15, 0.2) is 5.58 Å². The first-order valence-corrected chi connectivity index (χ1v) is 15.0. The highest BCUT2D eigenvalue weighted by Gasteiger charge is 2.18. The molecule has 0 aliphatic carbocycles. The third kappa shape index (κ3) is 3.96. The lowest BCUT2D eigenvalue weighted by Gasteiger charge is -2.12. The van der Waals surface area contributed by atoms with Crippen LogP contribution < -0.4 is 5.32 Å². The summed E-state index contributed by atoms with van der Waals surface area (Å²) in [6.45, 7) is 0. The molecule has 8 aromatic carbocycles. The molecule has 1 aromatic heterocycles. The minimum atomic E-state index is 0.868. The van der Waals surface area contributed by atoms with Crippen molar-refractivity contribution in [1.29, 1.82) is 0 Å². The van der Waals surface area contributed by atoms with Crippen LogP contribution in [-0.4, -0.2) is 0 Å². The number of furan rings is 1. The molecule has 0 atom stereocenters. The first-order chi connectivity index (χ1) is 21.8. The molecule has 0 aliphatic rings. The highest BCUT2D eigenvalue weighted by molar-refractivity contribution is 6.24. The van der Waals surface area contributed by atoms with Gasteiger partial charge in [-0.25, -0.2) is 0 Å². The lowest BCUT2D eigenvalue weighted by atomic mass is 9.96. The Labute approximate surface area is 254 Å². The summed E-state index contributed by atoms with van der Waals surface area (Å²) < 4.78 is 6.79. The van der Waals surface area contributed by atoms with Crippen molar-refractivity contribution in [1.82, 2.24) is 0 Å². The van der Waals surface area contributed by atoms with E-state index in [1.54, 1.807) is 0 Å². The minimum absolute atomic E-state index is 0.868. The normalized spacial score (nSPS) is 11.6. The van der Waals surface area contributed by atoms with Gasteiger partial charge in [0.05, 0.1) is 5.69 Å². The monoisotopic (exact) mass is 561 g/mol. The molecule has 9 rings (SSSR count). The molecule has 1 N–H and O–H groups in total. The van der Waals surface area contributed by atoms with Crippen molar-refractivity contribution in [3.63, 3.8) is 0 Å². The molecular formula is C42H27NO. The zero-order chi connectivity index (χ0) is 29.0. The topological polar surface area (TPSA) is 25.2 Å². The maximum Gasteiger partial charge on any atom is 0.159 e. The smallest absolute Gasteiger partial charge is 0.159 e. The molecule has 0 fully saturated rings. The van der Waals surface area contributed by atoms with Crippen molar-refractivity contribution < 1.29 is 4.42 Å². The third-order valence-corrected chi connectivity index (χ3v) is 8.79. The second-order valence-electron chi connectivity index (χ2n) is 11.4. The summed E-state index contributed by atoms with van der Waals surface area (Å²) in [6, 6.07) is 56.1. The van der Waals surface area contributed by atoms with Crippen LogP contribution >= 0.6 is 0 Å². The summed E-state index contributed by atoms with van der Waals surface area (Å²) in [4.78, 5) is 0. The molecule has 1 heterocycles. The van der Waals surface area contributed by atoms with Crippen molar-refractivity contribution in [3.05, 3.63) is 158 Å². The molecule has 9 aromatic rings. The second kappa shape index (κ2) is 9.86. The van der Waals surface area contributed by atoms with E-state index in [0.717, 1.165) is 44.4 Å². The zero-order valence-electron chi connectivity index (χ0n) is 23.9. The maximum atomic E-state index is 6.79. The van der Waals surface area contributed by atoms with Crippen LogP contribution in [0.1, 0.15) is 0 Å². The van der Waals surface area contributed by atoms with Crippen LogP contribution in [0, 0.1) is 0 Å². The molecule has 0 saturated heterocycles. The van der Waals surface area contributed by atoms with E-state index < -0.39 is 0 Å². The minimum Gasteiger partial charge on any atom is -0.453 e. The maximum absolute atomic E-state index is 6.79. The van der Waals surface area contributed by atoms with Gasteiger partial charge in [0.1, 0.15) is 5.58 Å². The Morgan fingerprint density at radius 2 is 1.09 bits per heavy atom. The fourth-order valence-corrected chi connectivity index (χ4v) is 6.71. The van der Waals surface area contributed by atoms with Gasteiger partial charge in [0.25, 0.3) is 0 Å². The van der Waals surface area contributed by atoms with Crippen LogP contribution in [0.5, 0.6) is 0 Å². The molecule has 0 unspecified atom stereocenters. The van der Waals surface area contributed by atoms with Crippen molar-refractivity contribution in [2.75, 3.05) is 5.32 Å². The van der Waals surface area contributed by atoms with Gasteiger partial charge in [-0.15, -0.1) is 0 Å². The Bertz CT molecular complexity index is 2520. The first-order valence-electron chi connectivity index (χ1n) is 15.0. The predicted octanol–water partition coefficient (Wildman–Crippen LogP) is 12.1. The molecule has 206 valence electrons. The molecule has 0 radical (unpaired) electrons. The standard InChI is InChI=1S/C42H27NO/c1-2-11-28(12-3-1)37-18-9-19-38-40-36-16-7-6-14-31(36)26-39(42(40)44-41(37)38)43-33-22-23-35-30(25-33)15-8-17-34(35)32-21-20-27-10-4-5-13-29(27)24-32/h1-26,43H. The summed E-state index contributed by atoms with van der Waals surface area (Å²) in [5, 5.41) is 13.3. The van der Waals surface area contributed by atoms with E-state index in [9.17, 15) is 0 Å². The average molecular weight is 562 g/mol. The quantitative estimate of drug-likeness (QED) is 0.231. The molecule has 2 nitrogen and oxygen atoms in total. The molecular weight excluding hydrogens is 534 g/mol. The predicted molar refractivity (Wildman–Crippen MR) is 187 cm³/mol. The molecule has 44 heavy (non-hydrogen) atoms. The highest BCUT2D eigenvalue weighted by Crippen LogP contribution is 2.43. The van der Waals surface area contributed by atoms with Gasteiger partial charge in [-0.05, 0) is 73.3 Å². The number of rotatable bonds is 4. The van der Waals surface area contributed by atoms with E-state index in [-0.39, 0.29) is 0 Å². The molecule has 0 aliphatic heterocycles. The molecule has 0 bridgehead atoms. The van der Waals surface area contributed by atoms with Gasteiger partial charge < -0.3 is 9.73 Å². The zero-order valence-corrected chi connectivity index (χ0v) is 23.9. The molecule has 0 spiro atoms.